The molecular formula is HoO2Yb. The van der Waals surface area contributed by atoms with Crippen molar-refractivity contribution in [3.8, 4) is 0 Å². The fraction of sp³-hybridized carbons (Fsp3) is 0. The summed E-state index contributed by atoms with van der Waals surface area (Å²) in [7, 11) is 0. The van der Waals surface area contributed by atoms with Crippen LogP contribution in [-0.4, -0.2) is 0 Å². The summed E-state index contributed by atoms with van der Waals surface area (Å²) in [5.74, 6) is 0. The molecule has 0 radical (unpaired) electrons. The normalized spacial score (nSPS) is 3.00. The van der Waals surface area contributed by atoms with E-state index in [-0.39, 0.29) is 0 Å². The predicted octanol–water partition coefficient (Wildman–Crippen LogP) is -0.238. The summed E-state index contributed by atoms with van der Waals surface area (Å²) >= 11 is 2.47. The van der Waals surface area contributed by atoms with Crippen LogP contribution in [-0.2, 0) is 1.72 Å². The van der Waals surface area contributed by atoms with Gasteiger partial charge in [0.15, 0.2) is 0 Å². The summed E-state index contributed by atoms with van der Waals surface area (Å²) in [5.41, 5.74) is 0. The quantitative estimate of drug-likeness (QED) is 0.552. The molecule has 0 aliphatic heterocycles. The van der Waals surface area contributed by atoms with E-state index in [2.05, 4.69) is 0 Å². The Kier molecular flexibility index (Phi) is 43.9. The van der Waals surface area contributed by atoms with E-state index in [1.165, 1.54) is 44.8 Å². The van der Waals surface area contributed by atoms with Gasteiger partial charge in [0.25, 0.3) is 0 Å². The van der Waals surface area contributed by atoms with Crippen molar-refractivity contribution in [3.63, 3.8) is 0 Å². The monoisotopic (exact) mass is 371 g/mol. The SMILES string of the molecule is [O]=[Ho].[O]=[Yb]. The zero-order valence-electron chi connectivity index (χ0n) is 1.39. The first-order valence-corrected chi connectivity index (χ1v) is 1.72. The van der Waals surface area contributed by atoms with Crippen LogP contribution in [0, 0.1) is 80.7 Å². The molecule has 0 fully saturated rings. The van der Waals surface area contributed by atoms with Crippen LogP contribution in [0.25, 0.3) is 0 Å². The van der Waals surface area contributed by atoms with Crippen molar-refractivity contribution >= 4 is 0 Å². The van der Waals surface area contributed by atoms with Gasteiger partial charge < -0.3 is 0 Å². The second-order valence-corrected chi connectivity index (χ2v) is 0. The van der Waals surface area contributed by atoms with Crippen molar-refractivity contribution in [3.05, 3.63) is 0 Å². The Balaban J connectivity index is 0. The Morgan fingerprint density at radius 2 is 1.25 bits per heavy atom. The topological polar surface area (TPSA) is 34.1 Å². The molecule has 0 aliphatic rings. The summed E-state index contributed by atoms with van der Waals surface area (Å²) in [4.78, 5) is 0. The molecule has 0 aliphatic carbocycles. The molecule has 4 heteroatoms. The molecule has 0 aromatic heterocycles. The first kappa shape index (κ1) is 9.63. The fourth-order valence-corrected chi connectivity index (χ4v) is 0. The van der Waals surface area contributed by atoms with Crippen molar-refractivity contribution in [2.45, 2.75) is 0 Å². The van der Waals surface area contributed by atoms with Gasteiger partial charge in [0.2, 0.25) is 0 Å². The molecule has 0 N–H and O–H groups in total. The van der Waals surface area contributed by atoms with Crippen LogP contribution < -0.4 is 0 Å². The van der Waals surface area contributed by atoms with Crippen LogP contribution in [0.1, 0.15) is 0 Å². The van der Waals surface area contributed by atoms with Crippen LogP contribution in [0.5, 0.6) is 0 Å². The Labute approximate surface area is 80.0 Å². The number of hydrogen-bond acceptors (Lipinski definition) is 2. The van der Waals surface area contributed by atoms with Gasteiger partial charge >= 0.3 is 82.4 Å². The maximum atomic E-state index is 8.19. The Bertz CT molecular complexity index is 8.00. The molecule has 0 amide bonds. The molecule has 0 saturated carbocycles. The van der Waals surface area contributed by atoms with Crippen molar-refractivity contribution in [1.29, 1.82) is 0 Å². The average Bonchev–Trinajstić information content (AvgIpc) is 1.50. The van der Waals surface area contributed by atoms with E-state index >= 15 is 0 Å². The molecular weight excluding hydrogens is 370 g/mol. The standard InChI is InChI=1S/Ho.2O.Yb. The molecule has 0 unspecified atom stereocenters. The van der Waals surface area contributed by atoms with E-state index in [4.69, 9.17) is 1.72 Å². The van der Waals surface area contributed by atoms with Gasteiger partial charge in [-0.1, -0.05) is 0 Å². The van der Waals surface area contributed by atoms with Crippen molar-refractivity contribution in [2.75, 3.05) is 0 Å². The number of rotatable bonds is 0. The second kappa shape index (κ2) is 18.2. The van der Waals surface area contributed by atoms with E-state index in [9.17, 15) is 0 Å². The second-order valence-electron chi connectivity index (χ2n) is 0. The van der Waals surface area contributed by atoms with Crippen LogP contribution in [0.15, 0.2) is 0 Å². The van der Waals surface area contributed by atoms with Gasteiger partial charge in [-0.2, -0.15) is 0 Å². The van der Waals surface area contributed by atoms with E-state index in [0.29, 0.717) is 0 Å². The van der Waals surface area contributed by atoms with Crippen LogP contribution in [0.2, 0.25) is 0 Å². The summed E-state index contributed by atoms with van der Waals surface area (Å²) in [6.45, 7) is 0. The van der Waals surface area contributed by atoms with Gasteiger partial charge in [-0.3, -0.25) is 0 Å². The van der Waals surface area contributed by atoms with Crippen molar-refractivity contribution < 1.29 is 82.4 Å². The maximum absolute atomic E-state index is 8.19. The van der Waals surface area contributed by atoms with Crippen molar-refractivity contribution in [1.82, 2.24) is 0 Å². The molecule has 0 aromatic rings. The summed E-state index contributed by atoms with van der Waals surface area (Å²) in [6.07, 6.45) is 0. The third kappa shape index (κ3) is 8.83. The van der Waals surface area contributed by atoms with E-state index in [1.807, 2.05) is 0 Å². The van der Waals surface area contributed by atoms with E-state index in [1.54, 1.807) is 0 Å². The zero-order chi connectivity index (χ0) is 4.00. The van der Waals surface area contributed by atoms with Crippen molar-refractivity contribution in [2.24, 2.45) is 0 Å². The van der Waals surface area contributed by atoms with Crippen LogP contribution in [0.4, 0.5) is 0 Å². The zero-order valence-corrected chi connectivity index (χ0v) is 5.03. The van der Waals surface area contributed by atoms with Crippen LogP contribution >= 0.6 is 0 Å². The van der Waals surface area contributed by atoms with Gasteiger partial charge in [-0.15, -0.1) is 0 Å². The minimum atomic E-state index is 1.03. The van der Waals surface area contributed by atoms with E-state index < -0.39 is 0 Å². The van der Waals surface area contributed by atoms with Crippen LogP contribution in [0.3, 0.4) is 0 Å². The molecule has 0 bridgehead atoms. The summed E-state index contributed by atoms with van der Waals surface area (Å²) < 4.78 is 16.3. The van der Waals surface area contributed by atoms with Gasteiger partial charge in [-0.25, -0.2) is 0 Å². The molecule has 0 saturated heterocycles. The summed E-state index contributed by atoms with van der Waals surface area (Å²) in [6, 6.07) is 0. The van der Waals surface area contributed by atoms with Gasteiger partial charge in [0.1, 0.15) is 0 Å². The summed E-state index contributed by atoms with van der Waals surface area (Å²) in [5, 5.41) is 0. The molecule has 0 spiro atoms. The third-order valence-electron chi connectivity index (χ3n) is 0. The first-order chi connectivity index (χ1) is 2.00. The van der Waals surface area contributed by atoms with E-state index in [0.717, 1.165) is 35.9 Å². The molecule has 0 atom stereocenters. The first-order valence-electron chi connectivity index (χ1n) is 0.232. The molecule has 4 heavy (non-hydrogen) atoms. The minimum absolute atomic E-state index is 1.03. The molecule has 37 valence electrons. The third-order valence-corrected chi connectivity index (χ3v) is 0. The Morgan fingerprint density at radius 3 is 1.25 bits per heavy atom. The van der Waals surface area contributed by atoms with Gasteiger partial charge in [0.05, 0.1) is 0 Å². The Hall–Kier alpha value is 2.38. The molecule has 0 heterocycles. The van der Waals surface area contributed by atoms with Gasteiger partial charge in [0, 0.05) is 0 Å². The number of hydrogen-bond donors (Lipinski definition) is 0. The molecule has 0 rings (SSSR count). The average molecular weight is 370 g/mol. The van der Waals surface area contributed by atoms with Gasteiger partial charge in [-0.05, 0) is 0 Å². The fourth-order valence-electron chi connectivity index (χ4n) is 0. The molecule has 2 nitrogen and oxygen atoms in total. The predicted molar refractivity (Wildman–Crippen MR) is 1.37 cm³/mol. The Morgan fingerprint density at radius 1 is 1.25 bits per heavy atom. The molecule has 0 aromatic carbocycles.